The molecule has 180 valence electrons. The monoisotopic (exact) mass is 476 g/mol. The number of halogens is 2. The molecule has 0 radical (unpaired) electrons. The molecule has 4 atom stereocenters. The van der Waals surface area contributed by atoms with Gasteiger partial charge in [0.2, 0.25) is 0 Å². The second-order valence-electron chi connectivity index (χ2n) is 8.78. The Morgan fingerprint density at radius 2 is 1.24 bits per heavy atom. The summed E-state index contributed by atoms with van der Waals surface area (Å²) < 4.78 is 53.1. The number of rotatable bonds is 0. The number of amides is 2. The molecular formula is C24H24F2N2O6. The normalized spacial score (nSPS) is 36.1. The number of alkyl carbamates (subject to hydrolysis) is 2. The topological polar surface area (TPSA) is 117 Å². The lowest BCUT2D eigenvalue weighted by Gasteiger charge is -2.35. The molecule has 34 heavy (non-hydrogen) atoms. The first-order chi connectivity index (χ1) is 16.9. The van der Waals surface area contributed by atoms with Crippen LogP contribution in [-0.4, -0.2) is 35.6 Å². The summed E-state index contributed by atoms with van der Waals surface area (Å²) in [5.74, 6) is -1.27. The number of cyclic esters (lactones) is 2. The van der Waals surface area contributed by atoms with Crippen molar-refractivity contribution in [2.24, 2.45) is 0 Å². The molecule has 2 heterocycles. The highest BCUT2D eigenvalue weighted by molar-refractivity contribution is 5.72. The standard InChI is InChI=1S/2C12H12FNO3/c2*13-8-3-1-2-7-10(8)9(15)4-5-12(7)6-17-11(16)14-12/h2*1-3,9,15H,4-6H2,(H,14,16)/t9-,12+;9-,12-/m01/s1/i2*9D. The fraction of sp³-hybridized carbons (Fsp3) is 0.417. The van der Waals surface area contributed by atoms with Gasteiger partial charge in [-0.15, -0.1) is 0 Å². The molecule has 2 fully saturated rings. The van der Waals surface area contributed by atoms with E-state index in [0.29, 0.717) is 24.0 Å². The highest BCUT2D eigenvalue weighted by Crippen LogP contribution is 2.44. The van der Waals surface area contributed by atoms with Crippen LogP contribution in [0.3, 0.4) is 0 Å². The summed E-state index contributed by atoms with van der Waals surface area (Å²) in [6.45, 7) is 0.191. The molecule has 2 aromatic carbocycles. The van der Waals surface area contributed by atoms with Crippen molar-refractivity contribution in [3.8, 4) is 0 Å². The first-order valence-corrected chi connectivity index (χ1v) is 10.8. The highest BCUT2D eigenvalue weighted by Gasteiger charge is 2.47. The van der Waals surface area contributed by atoms with Crippen LogP contribution in [-0.2, 0) is 20.6 Å². The first kappa shape index (κ1) is 20.2. The summed E-state index contributed by atoms with van der Waals surface area (Å²) in [6, 6.07) is 8.64. The molecule has 2 aliphatic heterocycles. The summed E-state index contributed by atoms with van der Waals surface area (Å²) in [4.78, 5) is 22.5. The first-order valence-electron chi connectivity index (χ1n) is 11.8. The molecule has 4 N–H and O–H groups in total. The Morgan fingerprint density at radius 1 is 0.824 bits per heavy atom. The summed E-state index contributed by atoms with van der Waals surface area (Å²) in [5.41, 5.74) is -0.915. The maximum absolute atomic E-state index is 13.9. The molecule has 2 spiro atoms. The van der Waals surface area contributed by atoms with Gasteiger partial charge < -0.3 is 30.3 Å². The molecular weight excluding hydrogens is 450 g/mol. The van der Waals surface area contributed by atoms with Crippen LogP contribution in [0.1, 0.15) is 62.8 Å². The molecule has 2 aromatic rings. The van der Waals surface area contributed by atoms with Crippen molar-refractivity contribution in [2.45, 2.75) is 48.9 Å². The molecule has 8 nitrogen and oxygen atoms in total. The molecule has 2 aliphatic carbocycles. The van der Waals surface area contributed by atoms with Gasteiger partial charge in [-0.2, -0.15) is 0 Å². The number of carbonyl (C=O) groups is 2. The van der Waals surface area contributed by atoms with E-state index in [1.54, 1.807) is 12.1 Å². The lowest BCUT2D eigenvalue weighted by Crippen LogP contribution is -2.44. The smallest absolute Gasteiger partial charge is 0.408 e. The number of hydrogen-bond acceptors (Lipinski definition) is 6. The van der Waals surface area contributed by atoms with E-state index in [1.165, 1.54) is 24.3 Å². The van der Waals surface area contributed by atoms with E-state index in [1.807, 2.05) is 0 Å². The van der Waals surface area contributed by atoms with Gasteiger partial charge in [0.25, 0.3) is 0 Å². The summed E-state index contributed by atoms with van der Waals surface area (Å²) in [5, 5.41) is 25.3. The SMILES string of the molecule is [2H][C@@]1(O)CC[C@@]2(COC(=O)N2)c2cccc(F)c21.[2H][C@]1(O)CC[C@@]2(COC(=O)N2)c2cccc(F)c21. The van der Waals surface area contributed by atoms with Gasteiger partial charge in [-0.05, 0) is 48.9 Å². The van der Waals surface area contributed by atoms with Crippen LogP contribution in [0.25, 0.3) is 0 Å². The van der Waals surface area contributed by atoms with E-state index in [-0.39, 0.29) is 37.2 Å². The number of benzene rings is 2. The molecule has 10 heteroatoms. The van der Waals surface area contributed by atoms with Gasteiger partial charge in [0.05, 0.1) is 14.9 Å². The average Bonchev–Trinajstić information content (AvgIpc) is 3.38. The third kappa shape index (κ3) is 3.57. The predicted octanol–water partition coefficient (Wildman–Crippen LogP) is 3.18. The number of carbonyl (C=O) groups excluding carboxylic acids is 2. The molecule has 4 aliphatic rings. The number of hydrogen-bond donors (Lipinski definition) is 4. The second-order valence-corrected chi connectivity index (χ2v) is 8.78. The highest BCUT2D eigenvalue weighted by atomic mass is 19.1. The number of ether oxygens (including phenoxy) is 2. The summed E-state index contributed by atoms with van der Waals surface area (Å²) in [7, 11) is 0. The van der Waals surface area contributed by atoms with E-state index < -0.39 is 47.1 Å². The summed E-state index contributed by atoms with van der Waals surface area (Å²) in [6.07, 6.45) is -4.25. The fourth-order valence-electron chi connectivity index (χ4n) is 5.09. The van der Waals surface area contributed by atoms with Crippen molar-refractivity contribution in [3.63, 3.8) is 0 Å². The Labute approximate surface area is 196 Å². The van der Waals surface area contributed by atoms with Gasteiger partial charge >= 0.3 is 12.2 Å². The Hall–Kier alpha value is -3.24. The molecule has 0 aromatic heterocycles. The van der Waals surface area contributed by atoms with Crippen LogP contribution in [0.2, 0.25) is 0 Å². The van der Waals surface area contributed by atoms with Crippen LogP contribution in [0.5, 0.6) is 0 Å². The zero-order valence-corrected chi connectivity index (χ0v) is 18.0. The third-order valence-electron chi connectivity index (χ3n) is 6.79. The minimum Gasteiger partial charge on any atom is -0.447 e. The van der Waals surface area contributed by atoms with Crippen molar-refractivity contribution >= 4 is 12.2 Å². The summed E-state index contributed by atoms with van der Waals surface area (Å²) >= 11 is 0. The van der Waals surface area contributed by atoms with E-state index in [4.69, 9.17) is 12.2 Å². The number of aliphatic hydroxyl groups is 2. The molecule has 2 amide bonds. The number of nitrogens with one attached hydrogen (secondary N) is 2. The largest absolute Gasteiger partial charge is 0.447 e. The second kappa shape index (κ2) is 8.21. The zero-order chi connectivity index (χ0) is 25.9. The molecule has 2 saturated heterocycles. The van der Waals surface area contributed by atoms with Crippen LogP contribution in [0.4, 0.5) is 18.4 Å². The van der Waals surface area contributed by atoms with Gasteiger partial charge in [0, 0.05) is 11.1 Å². The lowest BCUT2D eigenvalue weighted by molar-refractivity contribution is 0.116. The van der Waals surface area contributed by atoms with E-state index >= 15 is 0 Å². The zero-order valence-electron chi connectivity index (χ0n) is 20.0. The quantitative estimate of drug-likeness (QED) is 0.464. The molecule has 0 bridgehead atoms. The Kier molecular flexibility index (Phi) is 4.87. The fourth-order valence-corrected chi connectivity index (χ4v) is 5.09. The van der Waals surface area contributed by atoms with Crippen LogP contribution in [0, 0.1) is 11.6 Å². The Bertz CT molecular complexity index is 1160. The van der Waals surface area contributed by atoms with Gasteiger partial charge in [-0.1, -0.05) is 24.3 Å². The van der Waals surface area contributed by atoms with Gasteiger partial charge in [-0.3, -0.25) is 0 Å². The van der Waals surface area contributed by atoms with Crippen LogP contribution in [0.15, 0.2) is 36.4 Å². The minimum absolute atomic E-state index is 0.0462. The van der Waals surface area contributed by atoms with Crippen molar-refractivity contribution in [1.29, 1.82) is 0 Å². The van der Waals surface area contributed by atoms with E-state index in [0.717, 1.165) is 0 Å². The average molecular weight is 476 g/mol. The van der Waals surface area contributed by atoms with Crippen molar-refractivity contribution in [2.75, 3.05) is 13.2 Å². The van der Waals surface area contributed by atoms with E-state index in [9.17, 15) is 28.6 Å². The Morgan fingerprint density at radius 3 is 1.59 bits per heavy atom. The van der Waals surface area contributed by atoms with Crippen LogP contribution < -0.4 is 10.6 Å². The predicted molar refractivity (Wildman–Crippen MR) is 114 cm³/mol. The molecule has 0 saturated carbocycles. The van der Waals surface area contributed by atoms with Crippen molar-refractivity contribution in [1.82, 2.24) is 10.6 Å². The van der Waals surface area contributed by atoms with Gasteiger partial charge in [0.1, 0.15) is 35.9 Å². The molecule has 0 unspecified atom stereocenters. The maximum atomic E-state index is 13.9. The lowest BCUT2D eigenvalue weighted by atomic mass is 9.76. The van der Waals surface area contributed by atoms with Crippen molar-refractivity contribution in [3.05, 3.63) is 70.3 Å². The maximum Gasteiger partial charge on any atom is 0.408 e. The van der Waals surface area contributed by atoms with E-state index in [2.05, 4.69) is 10.6 Å². The van der Waals surface area contributed by atoms with Crippen LogP contribution >= 0.6 is 0 Å². The molecule has 6 rings (SSSR count). The number of fused-ring (bicyclic) bond motifs is 4. The Balaban J connectivity index is 0.000000148. The van der Waals surface area contributed by atoms with Crippen molar-refractivity contribution < 1.29 is 40.8 Å². The van der Waals surface area contributed by atoms with Gasteiger partial charge in [0.15, 0.2) is 0 Å². The van der Waals surface area contributed by atoms with Gasteiger partial charge in [-0.25, -0.2) is 18.4 Å². The minimum atomic E-state index is -1.96. The third-order valence-corrected chi connectivity index (χ3v) is 6.79.